The topological polar surface area (TPSA) is 49.8 Å². The minimum Gasteiger partial charge on any atom is -0.507 e. The lowest BCUT2D eigenvalue weighted by atomic mass is 9.78. The number of aromatic hydroxyl groups is 1. The van der Waals surface area contributed by atoms with Crippen LogP contribution in [0.2, 0.25) is 0 Å². The summed E-state index contributed by atoms with van der Waals surface area (Å²) in [4.78, 5) is 14.3. The van der Waals surface area contributed by atoms with E-state index < -0.39 is 0 Å². The molecule has 0 saturated heterocycles. The Kier molecular flexibility index (Phi) is 5.86. The van der Waals surface area contributed by atoms with Gasteiger partial charge in [0.15, 0.2) is 0 Å². The van der Waals surface area contributed by atoms with E-state index in [0.29, 0.717) is 18.7 Å². The third-order valence-corrected chi connectivity index (χ3v) is 3.73. The van der Waals surface area contributed by atoms with Gasteiger partial charge in [-0.2, -0.15) is 0 Å². The number of benzene rings is 1. The summed E-state index contributed by atoms with van der Waals surface area (Å²) in [5, 5.41) is 10.7. The molecule has 0 radical (unpaired) electrons. The van der Waals surface area contributed by atoms with Gasteiger partial charge in [0.1, 0.15) is 12.4 Å². The van der Waals surface area contributed by atoms with E-state index in [1.807, 2.05) is 60.5 Å². The Morgan fingerprint density at radius 1 is 1.04 bits per heavy atom. The minimum absolute atomic E-state index is 0.260. The zero-order valence-electron chi connectivity index (χ0n) is 15.8. The SMILES string of the molecule is CN(C)CCOC(=O)c1cc(C(C)(C)C)c(O)c(C(C)(C)C)c1. The molecule has 23 heavy (non-hydrogen) atoms. The van der Waals surface area contributed by atoms with Crippen LogP contribution in [0.3, 0.4) is 0 Å². The predicted octanol–water partition coefficient (Wildman–Crippen LogP) is 3.71. The molecule has 0 unspecified atom stereocenters. The zero-order valence-corrected chi connectivity index (χ0v) is 15.8. The van der Waals surface area contributed by atoms with E-state index in [0.717, 1.165) is 11.1 Å². The number of likely N-dealkylation sites (N-methyl/N-ethyl adjacent to an activating group) is 1. The van der Waals surface area contributed by atoms with Gasteiger partial charge in [0, 0.05) is 17.7 Å². The van der Waals surface area contributed by atoms with Crippen molar-refractivity contribution in [1.29, 1.82) is 0 Å². The molecule has 1 N–H and O–H groups in total. The fourth-order valence-corrected chi connectivity index (χ4v) is 2.30. The smallest absolute Gasteiger partial charge is 0.338 e. The Balaban J connectivity index is 3.25. The Bertz CT molecular complexity index is 528. The van der Waals surface area contributed by atoms with Crippen LogP contribution >= 0.6 is 0 Å². The standard InChI is InChI=1S/C19H31NO3/c1-18(2,3)14-11-13(17(22)23-10-9-20(7)8)12-15(16(14)21)19(4,5)6/h11-12,21H,9-10H2,1-8H3. The maximum Gasteiger partial charge on any atom is 0.338 e. The third-order valence-electron chi connectivity index (χ3n) is 3.73. The first-order valence-corrected chi connectivity index (χ1v) is 8.04. The number of hydrogen-bond acceptors (Lipinski definition) is 4. The lowest BCUT2D eigenvalue weighted by Crippen LogP contribution is -2.22. The summed E-state index contributed by atoms with van der Waals surface area (Å²) in [5.74, 6) is -0.0716. The highest BCUT2D eigenvalue weighted by Crippen LogP contribution is 2.39. The molecular weight excluding hydrogens is 290 g/mol. The van der Waals surface area contributed by atoms with Gasteiger partial charge in [0.05, 0.1) is 5.56 Å². The highest BCUT2D eigenvalue weighted by molar-refractivity contribution is 5.90. The normalized spacial score (nSPS) is 12.6. The summed E-state index contributed by atoms with van der Waals surface area (Å²) in [6.45, 7) is 13.2. The van der Waals surface area contributed by atoms with Gasteiger partial charge in [-0.05, 0) is 37.1 Å². The second kappa shape index (κ2) is 6.91. The van der Waals surface area contributed by atoms with Crippen LogP contribution < -0.4 is 0 Å². The van der Waals surface area contributed by atoms with Crippen molar-refractivity contribution >= 4 is 5.97 Å². The lowest BCUT2D eigenvalue weighted by molar-refractivity contribution is 0.0481. The summed E-state index contributed by atoms with van der Waals surface area (Å²) in [6.07, 6.45) is 0. The molecule has 0 aromatic heterocycles. The van der Waals surface area contributed by atoms with Crippen LogP contribution in [0, 0.1) is 0 Å². The van der Waals surface area contributed by atoms with E-state index >= 15 is 0 Å². The van der Waals surface area contributed by atoms with E-state index in [-0.39, 0.29) is 22.5 Å². The third kappa shape index (κ3) is 5.24. The number of nitrogens with zero attached hydrogens (tertiary/aromatic N) is 1. The number of esters is 1. The molecule has 1 aromatic carbocycles. The molecule has 0 aliphatic rings. The maximum absolute atomic E-state index is 12.4. The van der Waals surface area contributed by atoms with E-state index in [1.165, 1.54) is 0 Å². The first kappa shape index (κ1) is 19.5. The first-order chi connectivity index (χ1) is 10.3. The molecule has 0 fully saturated rings. The van der Waals surface area contributed by atoms with E-state index in [4.69, 9.17) is 4.74 Å². The first-order valence-electron chi connectivity index (χ1n) is 8.04. The van der Waals surface area contributed by atoms with Gasteiger partial charge in [-0.15, -0.1) is 0 Å². The van der Waals surface area contributed by atoms with Gasteiger partial charge in [-0.25, -0.2) is 4.79 Å². The van der Waals surface area contributed by atoms with E-state index in [1.54, 1.807) is 12.1 Å². The summed E-state index contributed by atoms with van der Waals surface area (Å²) in [6, 6.07) is 3.51. The second-order valence-electron chi connectivity index (χ2n) is 8.36. The van der Waals surface area contributed by atoms with Crippen molar-refractivity contribution in [2.24, 2.45) is 0 Å². The van der Waals surface area contributed by atoms with Gasteiger partial charge in [-0.1, -0.05) is 41.5 Å². The molecular formula is C19H31NO3. The molecule has 0 heterocycles. The number of hydrogen-bond donors (Lipinski definition) is 1. The average Bonchev–Trinajstić information content (AvgIpc) is 2.35. The van der Waals surface area contributed by atoms with Crippen molar-refractivity contribution in [3.63, 3.8) is 0 Å². The monoisotopic (exact) mass is 321 g/mol. The fourth-order valence-electron chi connectivity index (χ4n) is 2.30. The molecule has 0 aliphatic heterocycles. The lowest BCUT2D eigenvalue weighted by Gasteiger charge is -2.28. The molecule has 1 rings (SSSR count). The van der Waals surface area contributed by atoms with Gasteiger partial charge in [0.2, 0.25) is 0 Å². The van der Waals surface area contributed by atoms with Crippen molar-refractivity contribution in [1.82, 2.24) is 4.90 Å². The van der Waals surface area contributed by atoms with Crippen LogP contribution in [0.25, 0.3) is 0 Å². The highest BCUT2D eigenvalue weighted by Gasteiger charge is 2.28. The van der Waals surface area contributed by atoms with E-state index in [9.17, 15) is 9.90 Å². The van der Waals surface area contributed by atoms with Crippen LogP contribution in [0.1, 0.15) is 63.0 Å². The highest BCUT2D eigenvalue weighted by atomic mass is 16.5. The van der Waals surface area contributed by atoms with Gasteiger partial charge >= 0.3 is 5.97 Å². The summed E-state index contributed by atoms with van der Waals surface area (Å²) in [7, 11) is 3.87. The Labute approximate surface area is 140 Å². The van der Waals surface area contributed by atoms with E-state index in [2.05, 4.69) is 0 Å². The number of ether oxygens (including phenoxy) is 1. The number of rotatable bonds is 4. The molecule has 0 spiro atoms. The van der Waals surface area contributed by atoms with Crippen molar-refractivity contribution < 1.29 is 14.6 Å². The minimum atomic E-state index is -0.345. The molecule has 4 nitrogen and oxygen atoms in total. The average molecular weight is 321 g/mol. The largest absolute Gasteiger partial charge is 0.507 e. The zero-order chi connectivity index (χ0) is 18.0. The van der Waals surface area contributed by atoms with Gasteiger partial charge < -0.3 is 14.7 Å². The Morgan fingerprint density at radius 3 is 1.83 bits per heavy atom. The number of phenols is 1. The summed E-state index contributed by atoms with van der Waals surface area (Å²) in [5.41, 5.74) is 1.51. The number of carbonyl (C=O) groups excluding carboxylic acids is 1. The molecule has 0 atom stereocenters. The quantitative estimate of drug-likeness (QED) is 0.859. The number of phenolic OH excluding ortho intramolecular Hbond substituents is 1. The molecule has 0 bridgehead atoms. The summed E-state index contributed by atoms with van der Waals surface area (Å²) < 4.78 is 5.35. The van der Waals surface area contributed by atoms with Crippen LogP contribution in [-0.2, 0) is 15.6 Å². The molecule has 130 valence electrons. The van der Waals surface area contributed by atoms with Crippen LogP contribution in [-0.4, -0.2) is 43.2 Å². The van der Waals surface area contributed by atoms with Crippen molar-refractivity contribution in [3.8, 4) is 5.75 Å². The van der Waals surface area contributed by atoms with Crippen LogP contribution in [0.15, 0.2) is 12.1 Å². The maximum atomic E-state index is 12.4. The molecule has 0 saturated carbocycles. The van der Waals surface area contributed by atoms with Crippen molar-refractivity contribution in [2.45, 2.75) is 52.4 Å². The van der Waals surface area contributed by atoms with Crippen molar-refractivity contribution in [2.75, 3.05) is 27.2 Å². The number of carbonyl (C=O) groups is 1. The summed E-state index contributed by atoms with van der Waals surface area (Å²) >= 11 is 0. The molecule has 0 aliphatic carbocycles. The molecule has 0 amide bonds. The molecule has 4 heteroatoms. The Hall–Kier alpha value is -1.55. The molecule has 1 aromatic rings. The van der Waals surface area contributed by atoms with Gasteiger partial charge in [0.25, 0.3) is 0 Å². The predicted molar refractivity (Wildman–Crippen MR) is 94.3 cm³/mol. The fraction of sp³-hybridized carbons (Fsp3) is 0.632. The van der Waals surface area contributed by atoms with Crippen molar-refractivity contribution in [3.05, 3.63) is 28.8 Å². The van der Waals surface area contributed by atoms with Crippen LogP contribution in [0.5, 0.6) is 5.75 Å². The second-order valence-corrected chi connectivity index (χ2v) is 8.36. The Morgan fingerprint density at radius 2 is 1.48 bits per heavy atom. The van der Waals surface area contributed by atoms with Gasteiger partial charge in [-0.3, -0.25) is 0 Å². The van der Waals surface area contributed by atoms with Crippen LogP contribution in [0.4, 0.5) is 0 Å².